The van der Waals surface area contributed by atoms with Gasteiger partial charge in [0.2, 0.25) is 6.71 Å². The Kier molecular flexibility index (Phi) is 6.36. The van der Waals surface area contributed by atoms with Crippen LogP contribution >= 0.6 is 45.3 Å². The van der Waals surface area contributed by atoms with Crippen molar-refractivity contribution >= 4 is 166 Å². The number of fused-ring (bicyclic) bond motifs is 17. The van der Waals surface area contributed by atoms with Crippen LogP contribution in [0.5, 0.6) is 0 Å². The minimum atomic E-state index is 0.104. The number of thiophene rings is 4. The summed E-state index contributed by atoms with van der Waals surface area (Å²) in [4.78, 5) is 2.62. The van der Waals surface area contributed by atoms with Gasteiger partial charge < -0.3 is 4.90 Å². The van der Waals surface area contributed by atoms with Crippen LogP contribution in [0.2, 0.25) is 0 Å². The standard InChI is InChI=1S/C54H28BNS4/c1-5-13-46-32(9-1)36-19-18-31(24-51(36)58-46)56-44-28-53-40(35-12-4-8-16-49(35)60-53)26-43(44)55-42-25-39-34-11-3-7-15-48(34)59-52(39)27-37(42)41-22-30(23-45(56)54(41)55)29-17-20-50-38(21-29)33-10-2-6-14-47(33)57-50/h1-28H. The maximum Gasteiger partial charge on any atom is 0.248 e. The quantitative estimate of drug-likeness (QED) is 0.157. The topological polar surface area (TPSA) is 3.24 Å². The smallest absolute Gasteiger partial charge is 0.248 e. The summed E-state index contributed by atoms with van der Waals surface area (Å²) in [7, 11) is 0. The maximum atomic E-state index is 2.62. The zero-order chi connectivity index (χ0) is 38.8. The van der Waals surface area contributed by atoms with E-state index in [0.717, 1.165) is 0 Å². The lowest BCUT2D eigenvalue weighted by Crippen LogP contribution is -2.54. The van der Waals surface area contributed by atoms with E-state index >= 15 is 0 Å². The van der Waals surface area contributed by atoms with E-state index in [1.54, 1.807) is 0 Å². The maximum absolute atomic E-state index is 2.62. The van der Waals surface area contributed by atoms with Crippen molar-refractivity contribution in [3.63, 3.8) is 0 Å². The van der Waals surface area contributed by atoms with Gasteiger partial charge in [-0.15, -0.1) is 45.3 Å². The molecular formula is C54H28BNS4. The van der Waals surface area contributed by atoms with Gasteiger partial charge in [0.15, 0.2) is 0 Å². The molecule has 2 aliphatic heterocycles. The van der Waals surface area contributed by atoms with E-state index in [4.69, 9.17) is 0 Å². The van der Waals surface area contributed by atoms with Crippen molar-refractivity contribution in [2.24, 2.45) is 0 Å². The van der Waals surface area contributed by atoms with Crippen molar-refractivity contribution < 1.29 is 0 Å². The number of hydrogen-bond acceptors (Lipinski definition) is 5. The van der Waals surface area contributed by atoms with Crippen molar-refractivity contribution in [3.05, 3.63) is 170 Å². The molecule has 1 nitrogen and oxygen atoms in total. The summed E-state index contributed by atoms with van der Waals surface area (Å²) in [5.41, 5.74) is 13.2. The molecular weight excluding hydrogens is 802 g/mol. The second-order valence-corrected chi connectivity index (χ2v) is 20.7. The van der Waals surface area contributed by atoms with Crippen molar-refractivity contribution in [1.29, 1.82) is 0 Å². The molecule has 0 aliphatic carbocycles. The second kappa shape index (κ2) is 11.7. The van der Waals surface area contributed by atoms with Gasteiger partial charge in [-0.2, -0.15) is 0 Å². The molecule has 2 aliphatic rings. The zero-order valence-electron chi connectivity index (χ0n) is 31.8. The van der Waals surface area contributed by atoms with E-state index in [1.165, 1.54) is 136 Å². The van der Waals surface area contributed by atoms with Crippen LogP contribution in [0.1, 0.15) is 0 Å². The van der Waals surface area contributed by atoms with Crippen molar-refractivity contribution in [3.8, 4) is 22.3 Å². The molecule has 6 heterocycles. The Bertz CT molecular complexity index is 4050. The predicted octanol–water partition coefficient (Wildman–Crippen LogP) is 15.1. The van der Waals surface area contributed by atoms with Crippen LogP contribution in [-0.4, -0.2) is 6.71 Å². The molecule has 0 saturated heterocycles. The minimum Gasteiger partial charge on any atom is -0.311 e. The summed E-state index contributed by atoms with van der Waals surface area (Å²) >= 11 is 7.61. The Morgan fingerprint density at radius 1 is 0.317 bits per heavy atom. The van der Waals surface area contributed by atoms with Crippen LogP contribution in [0.15, 0.2) is 170 Å². The largest absolute Gasteiger partial charge is 0.311 e. The highest BCUT2D eigenvalue weighted by Gasteiger charge is 2.43. The first kappa shape index (κ1) is 32.6. The number of benzene rings is 9. The number of anilines is 3. The molecule has 0 amide bonds. The van der Waals surface area contributed by atoms with Gasteiger partial charge in [-0.1, -0.05) is 103 Å². The van der Waals surface area contributed by atoms with Crippen LogP contribution in [0.4, 0.5) is 17.1 Å². The molecule has 0 N–H and O–H groups in total. The van der Waals surface area contributed by atoms with E-state index in [9.17, 15) is 0 Å². The Morgan fingerprint density at radius 3 is 1.50 bits per heavy atom. The normalized spacial score (nSPS) is 13.3. The van der Waals surface area contributed by atoms with Crippen LogP contribution < -0.4 is 21.3 Å². The second-order valence-electron chi connectivity index (χ2n) is 16.4. The average molecular weight is 830 g/mol. The van der Waals surface area contributed by atoms with Gasteiger partial charge in [0.25, 0.3) is 0 Å². The van der Waals surface area contributed by atoms with Crippen LogP contribution in [0, 0.1) is 0 Å². The molecule has 0 unspecified atom stereocenters. The molecule has 0 bridgehead atoms. The number of hydrogen-bond donors (Lipinski definition) is 0. The molecule has 6 heteroatoms. The first-order chi connectivity index (χ1) is 29.7. The third-order valence-corrected chi connectivity index (χ3v) is 17.8. The lowest BCUT2D eigenvalue weighted by Gasteiger charge is -2.36. The fraction of sp³-hybridized carbons (Fsp3) is 0. The van der Waals surface area contributed by atoms with E-state index in [-0.39, 0.29) is 6.71 Å². The highest BCUT2D eigenvalue weighted by molar-refractivity contribution is 7.27. The highest BCUT2D eigenvalue weighted by atomic mass is 32.1. The third-order valence-electron chi connectivity index (χ3n) is 13.2. The third kappa shape index (κ3) is 4.31. The van der Waals surface area contributed by atoms with Gasteiger partial charge in [0, 0.05) is 87.0 Å². The Morgan fingerprint density at radius 2 is 0.833 bits per heavy atom. The average Bonchev–Trinajstić information content (AvgIpc) is 4.10. The van der Waals surface area contributed by atoms with Gasteiger partial charge in [-0.25, -0.2) is 0 Å². The monoisotopic (exact) mass is 829 g/mol. The Hall–Kier alpha value is -6.28. The molecule has 60 heavy (non-hydrogen) atoms. The lowest BCUT2D eigenvalue weighted by atomic mass is 9.37. The van der Waals surface area contributed by atoms with Crippen LogP contribution in [0.25, 0.3) is 103 Å². The van der Waals surface area contributed by atoms with Crippen molar-refractivity contribution in [2.75, 3.05) is 4.90 Å². The first-order valence-electron chi connectivity index (χ1n) is 20.4. The molecule has 4 aromatic heterocycles. The molecule has 0 spiro atoms. The van der Waals surface area contributed by atoms with E-state index in [2.05, 4.69) is 175 Å². The molecule has 276 valence electrons. The summed E-state index contributed by atoms with van der Waals surface area (Å²) in [5.74, 6) is 0. The fourth-order valence-electron chi connectivity index (χ4n) is 10.6. The van der Waals surface area contributed by atoms with Crippen LogP contribution in [0.3, 0.4) is 0 Å². The van der Waals surface area contributed by atoms with E-state index in [0.29, 0.717) is 0 Å². The fourth-order valence-corrected chi connectivity index (χ4v) is 15.1. The summed E-state index contributed by atoms with van der Waals surface area (Å²) in [6, 6.07) is 65.1. The summed E-state index contributed by atoms with van der Waals surface area (Å²) < 4.78 is 10.7. The minimum absolute atomic E-state index is 0.104. The SMILES string of the molecule is c1ccc2c(c1)sc1cc(N3c4cc5sc6ccccc6c5cc4B4c5cc6c(cc5-c5cc(-c7ccc8sc9ccccc9c8c7)cc3c54)sc3ccccc36)ccc12. The summed E-state index contributed by atoms with van der Waals surface area (Å²) in [6.07, 6.45) is 0. The van der Waals surface area contributed by atoms with E-state index < -0.39 is 0 Å². The summed E-state index contributed by atoms with van der Waals surface area (Å²) in [6.45, 7) is 0.104. The van der Waals surface area contributed by atoms with Gasteiger partial charge in [0.05, 0.1) is 0 Å². The van der Waals surface area contributed by atoms with E-state index in [1.807, 2.05) is 45.3 Å². The number of rotatable bonds is 2. The Balaban J connectivity index is 1.07. The molecule has 9 aromatic carbocycles. The van der Waals surface area contributed by atoms with Crippen molar-refractivity contribution in [2.45, 2.75) is 0 Å². The Labute approximate surface area is 360 Å². The van der Waals surface area contributed by atoms with Gasteiger partial charge in [0.1, 0.15) is 0 Å². The highest BCUT2D eigenvalue weighted by Crippen LogP contribution is 2.49. The molecule has 0 atom stereocenters. The lowest BCUT2D eigenvalue weighted by molar-refractivity contribution is 1.31. The van der Waals surface area contributed by atoms with Gasteiger partial charge >= 0.3 is 0 Å². The predicted molar refractivity (Wildman–Crippen MR) is 268 cm³/mol. The molecule has 0 radical (unpaired) electrons. The molecule has 15 rings (SSSR count). The molecule has 0 saturated carbocycles. The molecule has 13 aromatic rings. The summed E-state index contributed by atoms with van der Waals surface area (Å²) in [5, 5.41) is 10.7. The van der Waals surface area contributed by atoms with Crippen LogP contribution in [-0.2, 0) is 0 Å². The van der Waals surface area contributed by atoms with Gasteiger partial charge in [-0.05, 0) is 117 Å². The molecule has 0 fully saturated rings. The zero-order valence-corrected chi connectivity index (χ0v) is 35.1. The van der Waals surface area contributed by atoms with Crippen molar-refractivity contribution in [1.82, 2.24) is 0 Å². The number of nitrogens with zero attached hydrogens (tertiary/aromatic N) is 1. The first-order valence-corrected chi connectivity index (χ1v) is 23.7. The van der Waals surface area contributed by atoms with Gasteiger partial charge in [-0.3, -0.25) is 0 Å².